The first kappa shape index (κ1) is 21.4. The Kier molecular flexibility index (Phi) is 6.09. The Hall–Kier alpha value is -3.85. The van der Waals surface area contributed by atoms with Crippen LogP contribution in [0.3, 0.4) is 0 Å². The van der Waals surface area contributed by atoms with Crippen molar-refractivity contribution < 1.29 is 14.6 Å². The quantitative estimate of drug-likeness (QED) is 0.352. The Bertz CT molecular complexity index is 1370. The molecule has 4 rings (SSSR count). The molecule has 1 N–H and O–H groups in total. The second-order valence-corrected chi connectivity index (χ2v) is 7.82. The van der Waals surface area contributed by atoms with E-state index >= 15 is 0 Å². The summed E-state index contributed by atoms with van der Waals surface area (Å²) >= 11 is 1.36. The van der Waals surface area contributed by atoms with E-state index in [1.807, 2.05) is 6.92 Å². The fraction of sp³-hybridized carbons (Fsp3) is 0.174. The number of carbonyl (C=O) groups is 1. The van der Waals surface area contributed by atoms with Gasteiger partial charge in [-0.3, -0.25) is 4.79 Å². The van der Waals surface area contributed by atoms with E-state index in [0.717, 1.165) is 11.4 Å². The van der Waals surface area contributed by atoms with Gasteiger partial charge in [0.25, 0.3) is 5.56 Å². The maximum atomic E-state index is 13.2. The molecular weight excluding hydrogens is 428 g/mol. The van der Waals surface area contributed by atoms with Crippen LogP contribution < -0.4 is 5.56 Å². The molecule has 0 spiro atoms. The van der Waals surface area contributed by atoms with Crippen molar-refractivity contribution in [3.8, 4) is 11.6 Å². The first-order valence-electron chi connectivity index (χ1n) is 10.0. The fourth-order valence-electron chi connectivity index (χ4n) is 3.25. The third-order valence-corrected chi connectivity index (χ3v) is 5.78. The Balaban J connectivity index is 1.85. The largest absolute Gasteiger partial charge is 0.494 e. The number of aromatic hydroxyl groups is 1. The van der Waals surface area contributed by atoms with Crippen LogP contribution >= 0.6 is 11.3 Å². The Morgan fingerprint density at radius 3 is 2.50 bits per heavy atom. The standard InChI is InChI=1S/C23H20N4O4S/c1-3-19-25-26-23(32-19)24-13-18-16-7-5-6-8-17(16)20(28)27(21(18)29)15-11-9-14(10-12-15)22(30)31-4-2/h5-13,29H,3-4H2,1-2H3/b24-13+. The van der Waals surface area contributed by atoms with Gasteiger partial charge in [0.15, 0.2) is 0 Å². The molecule has 0 saturated heterocycles. The minimum absolute atomic E-state index is 0.262. The Labute approximate surface area is 187 Å². The van der Waals surface area contributed by atoms with Crippen LogP contribution in [0.2, 0.25) is 0 Å². The molecule has 8 nitrogen and oxygen atoms in total. The zero-order valence-corrected chi connectivity index (χ0v) is 18.3. The monoisotopic (exact) mass is 448 g/mol. The highest BCUT2D eigenvalue weighted by molar-refractivity contribution is 7.14. The maximum absolute atomic E-state index is 13.2. The molecule has 9 heteroatoms. The summed E-state index contributed by atoms with van der Waals surface area (Å²) in [6.07, 6.45) is 2.24. The lowest BCUT2D eigenvalue weighted by Crippen LogP contribution is -2.20. The average molecular weight is 449 g/mol. The molecule has 0 amide bonds. The smallest absolute Gasteiger partial charge is 0.338 e. The van der Waals surface area contributed by atoms with Crippen molar-refractivity contribution in [2.75, 3.05) is 6.61 Å². The third-order valence-electron chi connectivity index (χ3n) is 4.80. The predicted molar refractivity (Wildman–Crippen MR) is 124 cm³/mol. The molecule has 4 aromatic rings. The zero-order valence-electron chi connectivity index (χ0n) is 17.5. The van der Waals surface area contributed by atoms with Crippen molar-refractivity contribution in [3.05, 3.63) is 75.0 Å². The number of ether oxygens (including phenoxy) is 1. The minimum atomic E-state index is -0.453. The van der Waals surface area contributed by atoms with Gasteiger partial charge >= 0.3 is 5.97 Å². The van der Waals surface area contributed by atoms with Gasteiger partial charge in [-0.15, -0.1) is 10.2 Å². The van der Waals surface area contributed by atoms with Crippen LogP contribution in [0, 0.1) is 0 Å². The van der Waals surface area contributed by atoms with E-state index in [4.69, 9.17) is 4.74 Å². The Morgan fingerprint density at radius 2 is 1.84 bits per heavy atom. The molecule has 0 fully saturated rings. The molecule has 0 unspecified atom stereocenters. The van der Waals surface area contributed by atoms with Crippen LogP contribution in [-0.4, -0.2) is 38.7 Å². The summed E-state index contributed by atoms with van der Waals surface area (Å²) in [5.41, 5.74) is 0.755. The molecule has 0 aliphatic heterocycles. The van der Waals surface area contributed by atoms with Crippen molar-refractivity contribution in [2.45, 2.75) is 20.3 Å². The van der Waals surface area contributed by atoms with E-state index in [0.29, 0.717) is 32.7 Å². The van der Waals surface area contributed by atoms with Gasteiger partial charge in [-0.1, -0.05) is 36.5 Å². The van der Waals surface area contributed by atoms with Gasteiger partial charge in [-0.2, -0.15) is 0 Å². The molecule has 162 valence electrons. The van der Waals surface area contributed by atoms with Crippen LogP contribution in [0.1, 0.15) is 34.8 Å². The van der Waals surface area contributed by atoms with Crippen LogP contribution in [0.4, 0.5) is 5.13 Å². The lowest BCUT2D eigenvalue weighted by Gasteiger charge is -2.14. The van der Waals surface area contributed by atoms with Gasteiger partial charge in [0.1, 0.15) is 5.01 Å². The van der Waals surface area contributed by atoms with Gasteiger partial charge < -0.3 is 9.84 Å². The molecule has 32 heavy (non-hydrogen) atoms. The summed E-state index contributed by atoms with van der Waals surface area (Å²) in [4.78, 5) is 29.5. The van der Waals surface area contributed by atoms with E-state index in [2.05, 4.69) is 15.2 Å². The normalized spacial score (nSPS) is 11.3. The number of benzene rings is 2. The lowest BCUT2D eigenvalue weighted by molar-refractivity contribution is 0.0526. The van der Waals surface area contributed by atoms with Gasteiger partial charge in [0, 0.05) is 17.0 Å². The molecular formula is C23H20N4O4S. The van der Waals surface area contributed by atoms with E-state index in [-0.39, 0.29) is 18.0 Å². The first-order valence-corrected chi connectivity index (χ1v) is 10.9. The van der Waals surface area contributed by atoms with Crippen molar-refractivity contribution in [3.63, 3.8) is 0 Å². The van der Waals surface area contributed by atoms with Crippen LogP contribution in [0.5, 0.6) is 5.88 Å². The number of rotatable bonds is 6. The topological polar surface area (TPSA) is 107 Å². The van der Waals surface area contributed by atoms with E-state index in [9.17, 15) is 14.7 Å². The molecule has 2 aromatic carbocycles. The number of hydrogen-bond donors (Lipinski definition) is 1. The van der Waals surface area contributed by atoms with Crippen LogP contribution in [0.25, 0.3) is 16.5 Å². The highest BCUT2D eigenvalue weighted by Crippen LogP contribution is 2.27. The number of nitrogens with zero attached hydrogens (tertiary/aromatic N) is 4. The number of pyridine rings is 1. The number of hydrogen-bond acceptors (Lipinski definition) is 8. The zero-order chi connectivity index (χ0) is 22.7. The summed E-state index contributed by atoms with van der Waals surface area (Å²) in [7, 11) is 0. The highest BCUT2D eigenvalue weighted by atomic mass is 32.1. The van der Waals surface area contributed by atoms with E-state index in [1.165, 1.54) is 22.1 Å². The number of aryl methyl sites for hydroxylation is 1. The van der Waals surface area contributed by atoms with Gasteiger partial charge in [-0.25, -0.2) is 14.4 Å². The summed E-state index contributed by atoms with van der Waals surface area (Å²) < 4.78 is 6.19. The lowest BCUT2D eigenvalue weighted by atomic mass is 10.1. The first-order chi connectivity index (χ1) is 15.5. The third kappa shape index (κ3) is 4.02. The van der Waals surface area contributed by atoms with Crippen molar-refractivity contribution in [1.82, 2.24) is 14.8 Å². The number of aliphatic imine (C=N–C) groups is 1. The van der Waals surface area contributed by atoms with Gasteiger partial charge in [-0.05, 0) is 43.7 Å². The second kappa shape index (κ2) is 9.11. The fourth-order valence-corrected chi connectivity index (χ4v) is 3.87. The van der Waals surface area contributed by atoms with Gasteiger partial charge in [0.2, 0.25) is 11.0 Å². The number of fused-ring (bicyclic) bond motifs is 1. The number of aromatic nitrogens is 3. The highest BCUT2D eigenvalue weighted by Gasteiger charge is 2.17. The average Bonchev–Trinajstić information content (AvgIpc) is 3.28. The minimum Gasteiger partial charge on any atom is -0.494 e. The number of carbonyl (C=O) groups excluding carboxylic acids is 1. The molecule has 0 saturated carbocycles. The number of esters is 1. The summed E-state index contributed by atoms with van der Waals surface area (Å²) in [5, 5.41) is 21.4. The molecule has 2 aromatic heterocycles. The van der Waals surface area contributed by atoms with Crippen LogP contribution in [-0.2, 0) is 11.2 Å². The van der Waals surface area contributed by atoms with Crippen molar-refractivity contribution in [2.24, 2.45) is 4.99 Å². The molecule has 2 heterocycles. The Morgan fingerprint density at radius 1 is 1.12 bits per heavy atom. The van der Waals surface area contributed by atoms with Crippen molar-refractivity contribution >= 4 is 39.4 Å². The molecule has 0 radical (unpaired) electrons. The predicted octanol–water partition coefficient (Wildman–Crippen LogP) is 4.04. The van der Waals surface area contributed by atoms with E-state index in [1.54, 1.807) is 55.5 Å². The molecule has 0 aliphatic carbocycles. The summed E-state index contributed by atoms with van der Waals surface area (Å²) in [5.74, 6) is -0.716. The summed E-state index contributed by atoms with van der Waals surface area (Å²) in [6, 6.07) is 13.3. The molecule has 0 atom stereocenters. The van der Waals surface area contributed by atoms with Crippen LogP contribution in [0.15, 0.2) is 58.3 Å². The second-order valence-electron chi connectivity index (χ2n) is 6.78. The van der Waals surface area contributed by atoms with E-state index < -0.39 is 5.97 Å². The maximum Gasteiger partial charge on any atom is 0.338 e. The summed E-state index contributed by atoms with van der Waals surface area (Å²) in [6.45, 7) is 3.98. The SMILES string of the molecule is CCOC(=O)c1ccc(-n2c(O)c(/C=N/c3nnc(CC)s3)c3ccccc3c2=O)cc1. The molecule has 0 bridgehead atoms. The van der Waals surface area contributed by atoms with Gasteiger partial charge in [0.05, 0.1) is 23.4 Å². The molecule has 0 aliphatic rings. The van der Waals surface area contributed by atoms with Crippen molar-refractivity contribution in [1.29, 1.82) is 0 Å².